The van der Waals surface area contributed by atoms with E-state index in [2.05, 4.69) is 20.8 Å². The summed E-state index contributed by atoms with van der Waals surface area (Å²) in [7, 11) is 3.95. The maximum Gasteiger partial charge on any atom is 0.295 e. The molecule has 6 nitrogen and oxygen atoms in total. The van der Waals surface area contributed by atoms with Crippen molar-refractivity contribution in [2.45, 2.75) is 39.7 Å². The Morgan fingerprint density at radius 2 is 1.71 bits per heavy atom. The summed E-state index contributed by atoms with van der Waals surface area (Å²) < 4.78 is 5.73. The Kier molecular flexibility index (Phi) is 8.51. The van der Waals surface area contributed by atoms with E-state index < -0.39 is 17.7 Å². The zero-order valence-corrected chi connectivity index (χ0v) is 20.9. The molecule has 0 aliphatic carbocycles. The fourth-order valence-corrected chi connectivity index (χ4v) is 4.08. The van der Waals surface area contributed by atoms with Gasteiger partial charge in [0.05, 0.1) is 18.2 Å². The number of ketones is 1. The molecule has 3 rings (SSSR count). The molecule has 0 saturated carbocycles. The van der Waals surface area contributed by atoms with Crippen LogP contribution in [0.2, 0.25) is 0 Å². The highest BCUT2D eigenvalue weighted by atomic mass is 16.5. The molecule has 1 aliphatic heterocycles. The van der Waals surface area contributed by atoms with E-state index >= 15 is 0 Å². The van der Waals surface area contributed by atoms with Crippen molar-refractivity contribution in [2.75, 3.05) is 33.8 Å². The van der Waals surface area contributed by atoms with Crippen LogP contribution < -0.4 is 4.74 Å². The predicted molar refractivity (Wildman–Crippen MR) is 135 cm³/mol. The number of amides is 1. The van der Waals surface area contributed by atoms with Crippen molar-refractivity contribution in [1.29, 1.82) is 0 Å². The summed E-state index contributed by atoms with van der Waals surface area (Å²) in [5.74, 6) is -0.279. The average molecular weight is 465 g/mol. The molecule has 0 radical (unpaired) electrons. The lowest BCUT2D eigenvalue weighted by Gasteiger charge is -2.26. The zero-order valence-electron chi connectivity index (χ0n) is 20.9. The summed E-state index contributed by atoms with van der Waals surface area (Å²) in [6.07, 6.45) is 1.63. The molecule has 1 fully saturated rings. The number of hydrogen-bond acceptors (Lipinski definition) is 5. The maximum atomic E-state index is 13.1. The second-order valence-corrected chi connectivity index (χ2v) is 9.47. The molecule has 1 aliphatic rings. The van der Waals surface area contributed by atoms with E-state index in [1.165, 1.54) is 5.56 Å². The van der Waals surface area contributed by atoms with Gasteiger partial charge in [-0.15, -0.1) is 0 Å². The van der Waals surface area contributed by atoms with Gasteiger partial charge in [-0.2, -0.15) is 0 Å². The number of carbonyl (C=O) groups is 2. The van der Waals surface area contributed by atoms with Crippen molar-refractivity contribution >= 4 is 17.4 Å². The van der Waals surface area contributed by atoms with Crippen LogP contribution in [0.4, 0.5) is 0 Å². The Morgan fingerprint density at radius 1 is 1.06 bits per heavy atom. The molecular weight excluding hydrogens is 428 g/mol. The molecule has 34 heavy (non-hydrogen) atoms. The topological polar surface area (TPSA) is 70.1 Å². The number of ether oxygens (including phenoxy) is 1. The standard InChI is InChI=1S/C28H36N2O4/c1-6-20-8-10-21(11-9-20)25-24(27(32)28(33)30(25)17-7-16-29(4)5)26(31)22-12-14-23(15-13-22)34-18-19(2)3/h8-15,19,25,31H,6-7,16-18H2,1-5H3/b26-24+/t25-/m1/s1. The summed E-state index contributed by atoms with van der Waals surface area (Å²) in [5.41, 5.74) is 2.61. The van der Waals surface area contributed by atoms with E-state index in [0.717, 1.165) is 24.9 Å². The van der Waals surface area contributed by atoms with Gasteiger partial charge < -0.3 is 19.6 Å². The van der Waals surface area contributed by atoms with Crippen LogP contribution in [0, 0.1) is 5.92 Å². The lowest BCUT2D eigenvalue weighted by Crippen LogP contribution is -2.32. The van der Waals surface area contributed by atoms with Crippen LogP contribution in [0.1, 0.15) is 49.9 Å². The van der Waals surface area contributed by atoms with Gasteiger partial charge in [0.1, 0.15) is 11.5 Å². The Bertz CT molecular complexity index is 1020. The van der Waals surface area contributed by atoms with Crippen molar-refractivity contribution in [3.05, 3.63) is 70.8 Å². The number of rotatable bonds is 10. The van der Waals surface area contributed by atoms with Gasteiger partial charge in [0.2, 0.25) is 0 Å². The first kappa shape index (κ1) is 25.5. The minimum atomic E-state index is -0.646. The highest BCUT2D eigenvalue weighted by Gasteiger charge is 2.45. The van der Waals surface area contributed by atoms with E-state index in [1.807, 2.05) is 43.3 Å². The van der Waals surface area contributed by atoms with Crippen LogP contribution >= 0.6 is 0 Å². The molecule has 1 amide bonds. The zero-order chi connectivity index (χ0) is 24.8. The highest BCUT2D eigenvalue weighted by molar-refractivity contribution is 6.46. The third-order valence-corrected chi connectivity index (χ3v) is 5.96. The fraction of sp³-hybridized carbons (Fsp3) is 0.429. The summed E-state index contributed by atoms with van der Waals surface area (Å²) in [6, 6.07) is 14.3. The van der Waals surface area contributed by atoms with Crippen molar-refractivity contribution < 1.29 is 19.4 Å². The van der Waals surface area contributed by atoms with E-state index in [4.69, 9.17) is 4.74 Å². The van der Waals surface area contributed by atoms with E-state index in [9.17, 15) is 14.7 Å². The molecule has 1 N–H and O–H groups in total. The third-order valence-electron chi connectivity index (χ3n) is 5.96. The number of benzene rings is 2. The smallest absolute Gasteiger partial charge is 0.295 e. The van der Waals surface area contributed by atoms with Crippen LogP contribution in [-0.2, 0) is 16.0 Å². The Morgan fingerprint density at radius 3 is 2.26 bits per heavy atom. The molecule has 1 heterocycles. The van der Waals surface area contributed by atoms with Gasteiger partial charge in [0.15, 0.2) is 0 Å². The van der Waals surface area contributed by atoms with Crippen LogP contribution in [-0.4, -0.2) is 60.4 Å². The third kappa shape index (κ3) is 5.86. The lowest BCUT2D eigenvalue weighted by molar-refractivity contribution is -0.139. The van der Waals surface area contributed by atoms with E-state index in [-0.39, 0.29) is 11.3 Å². The molecule has 182 valence electrons. The van der Waals surface area contributed by atoms with E-state index in [0.29, 0.717) is 30.4 Å². The average Bonchev–Trinajstić information content (AvgIpc) is 3.07. The van der Waals surface area contributed by atoms with E-state index in [1.54, 1.807) is 29.2 Å². The molecule has 0 bridgehead atoms. The SMILES string of the molecule is CCc1ccc([C@@H]2/C(=C(\O)c3ccc(OCC(C)C)cc3)C(=O)C(=O)N2CCCN(C)C)cc1. The molecule has 2 aromatic rings. The predicted octanol–water partition coefficient (Wildman–Crippen LogP) is 4.66. The van der Waals surface area contributed by atoms with Gasteiger partial charge in [0, 0.05) is 12.1 Å². The van der Waals surface area contributed by atoms with Crippen molar-refractivity contribution in [1.82, 2.24) is 9.80 Å². The summed E-state index contributed by atoms with van der Waals surface area (Å²) >= 11 is 0. The fourth-order valence-electron chi connectivity index (χ4n) is 4.08. The first-order chi connectivity index (χ1) is 16.2. The molecule has 6 heteroatoms. The van der Waals surface area contributed by atoms with Crippen LogP contribution in [0.25, 0.3) is 5.76 Å². The number of aliphatic hydroxyl groups excluding tert-OH is 1. The van der Waals surface area contributed by atoms with Crippen LogP contribution in [0.15, 0.2) is 54.1 Å². The number of likely N-dealkylation sites (tertiary alicyclic amines) is 1. The lowest BCUT2D eigenvalue weighted by atomic mass is 9.94. The Hall–Kier alpha value is -3.12. The maximum absolute atomic E-state index is 13.1. The van der Waals surface area contributed by atoms with Gasteiger partial charge >= 0.3 is 0 Å². The number of Topliss-reactive ketones (excluding diaryl/α,β-unsaturated/α-hetero) is 1. The van der Waals surface area contributed by atoms with Crippen LogP contribution in [0.5, 0.6) is 5.75 Å². The second kappa shape index (κ2) is 11.3. The monoisotopic (exact) mass is 464 g/mol. The molecule has 0 spiro atoms. The molecule has 1 saturated heterocycles. The summed E-state index contributed by atoms with van der Waals surface area (Å²) in [5, 5.41) is 11.2. The molecule has 2 aromatic carbocycles. The first-order valence-electron chi connectivity index (χ1n) is 12.0. The van der Waals surface area contributed by atoms with Gasteiger partial charge in [-0.25, -0.2) is 0 Å². The van der Waals surface area contributed by atoms with Crippen molar-refractivity contribution in [3.8, 4) is 5.75 Å². The summed E-state index contributed by atoms with van der Waals surface area (Å²) in [6.45, 7) is 8.05. The van der Waals surface area contributed by atoms with Gasteiger partial charge in [-0.05, 0) is 74.8 Å². The normalized spacial score (nSPS) is 17.7. The Balaban J connectivity index is 1.99. The van der Waals surface area contributed by atoms with Crippen molar-refractivity contribution in [3.63, 3.8) is 0 Å². The van der Waals surface area contributed by atoms with Crippen molar-refractivity contribution in [2.24, 2.45) is 5.92 Å². The van der Waals surface area contributed by atoms with Crippen LogP contribution in [0.3, 0.4) is 0 Å². The number of hydrogen-bond donors (Lipinski definition) is 1. The second-order valence-electron chi connectivity index (χ2n) is 9.47. The Labute approximate surface area is 202 Å². The quantitative estimate of drug-likeness (QED) is 0.315. The van der Waals surface area contributed by atoms with Gasteiger partial charge in [-0.1, -0.05) is 45.0 Å². The number of aryl methyl sites for hydroxylation is 1. The molecule has 0 unspecified atom stereocenters. The largest absolute Gasteiger partial charge is 0.507 e. The minimum Gasteiger partial charge on any atom is -0.507 e. The number of carbonyl (C=O) groups excluding carboxylic acids is 2. The highest BCUT2D eigenvalue weighted by Crippen LogP contribution is 2.39. The van der Waals surface area contributed by atoms with Gasteiger partial charge in [-0.3, -0.25) is 9.59 Å². The number of nitrogens with zero attached hydrogens (tertiary/aromatic N) is 2. The minimum absolute atomic E-state index is 0.134. The van der Waals surface area contributed by atoms with Gasteiger partial charge in [0.25, 0.3) is 11.7 Å². The first-order valence-corrected chi connectivity index (χ1v) is 12.0. The molecular formula is C28H36N2O4. The summed E-state index contributed by atoms with van der Waals surface area (Å²) in [4.78, 5) is 29.8. The molecule has 0 aromatic heterocycles. The number of aliphatic hydroxyl groups is 1. The molecule has 1 atom stereocenters.